The minimum Gasteiger partial charge on any atom is -0.308 e. The first-order valence-electron chi connectivity index (χ1n) is 4.62. The Labute approximate surface area is 108 Å². The minimum absolute atomic E-state index is 0.0788. The van der Waals surface area contributed by atoms with Gasteiger partial charge in [-0.05, 0) is 30.2 Å². The van der Waals surface area contributed by atoms with Crippen molar-refractivity contribution in [2.75, 3.05) is 7.05 Å². The van der Waals surface area contributed by atoms with Gasteiger partial charge < -0.3 is 5.32 Å². The van der Waals surface area contributed by atoms with Crippen molar-refractivity contribution in [3.05, 3.63) is 44.9 Å². The van der Waals surface area contributed by atoms with E-state index in [1.165, 1.54) is 11.5 Å². The first-order valence-corrected chi connectivity index (χ1v) is 6.21. The quantitative estimate of drug-likeness (QED) is 0.934. The number of nitrogens with one attached hydrogen (secondary N) is 1. The molecular formula is C10H9Cl2N3S. The topological polar surface area (TPSA) is 37.8 Å². The van der Waals surface area contributed by atoms with Crippen LogP contribution in [0, 0.1) is 0 Å². The molecule has 0 aliphatic rings. The third-order valence-electron chi connectivity index (χ3n) is 2.25. The third-order valence-corrected chi connectivity index (χ3v) is 3.61. The molecule has 0 aliphatic heterocycles. The van der Waals surface area contributed by atoms with Gasteiger partial charge in [0.2, 0.25) is 0 Å². The van der Waals surface area contributed by atoms with Crippen molar-refractivity contribution in [2.24, 2.45) is 0 Å². The highest BCUT2D eigenvalue weighted by molar-refractivity contribution is 7.03. The number of aromatic nitrogens is 2. The predicted molar refractivity (Wildman–Crippen MR) is 67.3 cm³/mol. The van der Waals surface area contributed by atoms with Gasteiger partial charge in [0.25, 0.3) is 0 Å². The Morgan fingerprint density at radius 2 is 2.19 bits per heavy atom. The lowest BCUT2D eigenvalue weighted by Gasteiger charge is -2.15. The van der Waals surface area contributed by atoms with Crippen LogP contribution < -0.4 is 5.32 Å². The molecule has 6 heteroatoms. The minimum atomic E-state index is -0.0788. The molecule has 1 atom stereocenters. The smallest absolute Gasteiger partial charge is 0.0970 e. The summed E-state index contributed by atoms with van der Waals surface area (Å²) < 4.78 is 3.84. The van der Waals surface area contributed by atoms with Gasteiger partial charge in [-0.3, -0.25) is 0 Å². The van der Waals surface area contributed by atoms with E-state index in [4.69, 9.17) is 23.2 Å². The molecule has 0 saturated heterocycles. The molecule has 3 nitrogen and oxygen atoms in total. The monoisotopic (exact) mass is 273 g/mol. The predicted octanol–water partition coefficient (Wildman–Crippen LogP) is 3.15. The van der Waals surface area contributed by atoms with Crippen LogP contribution in [0.2, 0.25) is 10.0 Å². The van der Waals surface area contributed by atoms with Gasteiger partial charge >= 0.3 is 0 Å². The average Bonchev–Trinajstić information content (AvgIpc) is 2.79. The molecule has 0 bridgehead atoms. The summed E-state index contributed by atoms with van der Waals surface area (Å²) in [6.07, 6.45) is 0. The van der Waals surface area contributed by atoms with E-state index in [2.05, 4.69) is 14.9 Å². The van der Waals surface area contributed by atoms with Crippen LogP contribution in [0.3, 0.4) is 0 Å². The molecule has 0 fully saturated rings. The Hall–Kier alpha value is -0.680. The first kappa shape index (κ1) is 11.8. The molecular weight excluding hydrogens is 265 g/mol. The van der Waals surface area contributed by atoms with Crippen LogP contribution in [0.15, 0.2) is 23.6 Å². The fraction of sp³-hybridized carbons (Fsp3) is 0.200. The van der Waals surface area contributed by atoms with E-state index < -0.39 is 0 Å². The zero-order valence-corrected chi connectivity index (χ0v) is 10.8. The Bertz CT molecular complexity index is 473. The Kier molecular flexibility index (Phi) is 3.76. The molecule has 2 aromatic rings. The number of hydrogen-bond donors (Lipinski definition) is 1. The summed E-state index contributed by atoms with van der Waals surface area (Å²) in [5, 5.41) is 10.2. The molecule has 1 aromatic carbocycles. The summed E-state index contributed by atoms with van der Waals surface area (Å²) in [6.45, 7) is 0. The average molecular weight is 274 g/mol. The summed E-state index contributed by atoms with van der Waals surface area (Å²) in [5.41, 5.74) is 1.75. The maximum atomic E-state index is 6.17. The lowest BCUT2D eigenvalue weighted by atomic mass is 10.0. The van der Waals surface area contributed by atoms with Crippen molar-refractivity contribution in [3.8, 4) is 0 Å². The number of hydrogen-bond acceptors (Lipinski definition) is 4. The van der Waals surface area contributed by atoms with Gasteiger partial charge in [0.05, 0.1) is 21.8 Å². The fourth-order valence-electron chi connectivity index (χ4n) is 1.50. The number of nitrogens with zero attached hydrogens (tertiary/aromatic N) is 2. The lowest BCUT2D eigenvalue weighted by molar-refractivity contribution is 0.668. The van der Waals surface area contributed by atoms with E-state index in [1.807, 2.05) is 24.6 Å². The molecule has 0 radical (unpaired) electrons. The van der Waals surface area contributed by atoms with Gasteiger partial charge in [0, 0.05) is 5.38 Å². The molecule has 84 valence electrons. The lowest BCUT2D eigenvalue weighted by Crippen LogP contribution is -2.18. The molecule has 0 aliphatic carbocycles. The Morgan fingerprint density at radius 3 is 2.81 bits per heavy atom. The highest BCUT2D eigenvalue weighted by atomic mass is 35.5. The fourth-order valence-corrected chi connectivity index (χ4v) is 2.40. The van der Waals surface area contributed by atoms with Crippen LogP contribution in [0.25, 0.3) is 0 Å². The Balaban J connectivity index is 2.45. The summed E-state index contributed by atoms with van der Waals surface area (Å²) in [4.78, 5) is 0. The molecule has 2 rings (SSSR count). The maximum absolute atomic E-state index is 6.17. The van der Waals surface area contributed by atoms with E-state index in [1.54, 1.807) is 6.07 Å². The van der Waals surface area contributed by atoms with Crippen molar-refractivity contribution >= 4 is 34.7 Å². The Morgan fingerprint density at radius 1 is 1.38 bits per heavy atom. The van der Waals surface area contributed by atoms with Crippen LogP contribution in [-0.4, -0.2) is 16.6 Å². The molecule has 0 amide bonds. The number of rotatable bonds is 3. The molecule has 1 unspecified atom stereocenters. The van der Waals surface area contributed by atoms with Gasteiger partial charge in [-0.25, -0.2) is 0 Å². The summed E-state index contributed by atoms with van der Waals surface area (Å²) in [5.74, 6) is 0. The highest BCUT2D eigenvalue weighted by Gasteiger charge is 2.18. The summed E-state index contributed by atoms with van der Waals surface area (Å²) >= 11 is 13.5. The summed E-state index contributed by atoms with van der Waals surface area (Å²) in [7, 11) is 1.85. The zero-order valence-electron chi connectivity index (χ0n) is 8.45. The molecule has 1 N–H and O–H groups in total. The summed E-state index contributed by atoms with van der Waals surface area (Å²) in [6, 6.07) is 5.48. The van der Waals surface area contributed by atoms with Gasteiger partial charge in [0.1, 0.15) is 0 Å². The molecule has 1 heterocycles. The second-order valence-electron chi connectivity index (χ2n) is 3.19. The normalized spacial score (nSPS) is 12.7. The third kappa shape index (κ3) is 2.20. The second kappa shape index (κ2) is 5.10. The van der Waals surface area contributed by atoms with Crippen LogP contribution in [-0.2, 0) is 0 Å². The largest absolute Gasteiger partial charge is 0.308 e. The van der Waals surface area contributed by atoms with Gasteiger partial charge in [-0.2, -0.15) is 0 Å². The highest BCUT2D eigenvalue weighted by Crippen LogP contribution is 2.32. The number of halogens is 2. The van der Waals surface area contributed by atoms with Gasteiger partial charge in [0.15, 0.2) is 0 Å². The van der Waals surface area contributed by atoms with Crippen molar-refractivity contribution in [3.63, 3.8) is 0 Å². The van der Waals surface area contributed by atoms with Crippen LogP contribution >= 0.6 is 34.7 Å². The molecule has 0 spiro atoms. The van der Waals surface area contributed by atoms with E-state index in [0.717, 1.165) is 11.3 Å². The van der Waals surface area contributed by atoms with Crippen molar-refractivity contribution in [1.82, 2.24) is 14.9 Å². The SMILES string of the molecule is CNC(c1csnn1)c1cccc(Cl)c1Cl. The number of benzene rings is 1. The van der Waals surface area contributed by atoms with E-state index >= 15 is 0 Å². The van der Waals surface area contributed by atoms with Gasteiger partial charge in [-0.15, -0.1) is 5.10 Å². The van der Waals surface area contributed by atoms with Crippen LogP contribution in [0.5, 0.6) is 0 Å². The van der Waals surface area contributed by atoms with Gasteiger partial charge in [-0.1, -0.05) is 39.8 Å². The van der Waals surface area contributed by atoms with Crippen LogP contribution in [0.4, 0.5) is 0 Å². The maximum Gasteiger partial charge on any atom is 0.0970 e. The standard InChI is InChI=1S/C10H9Cl2N3S/c1-13-10(8-5-16-15-14-8)6-3-2-4-7(11)9(6)12/h2-5,10,13H,1H3. The molecule has 16 heavy (non-hydrogen) atoms. The van der Waals surface area contributed by atoms with E-state index in [0.29, 0.717) is 10.0 Å². The second-order valence-corrected chi connectivity index (χ2v) is 4.59. The van der Waals surface area contributed by atoms with Crippen molar-refractivity contribution in [2.45, 2.75) is 6.04 Å². The first-order chi connectivity index (χ1) is 7.74. The van der Waals surface area contributed by atoms with Crippen molar-refractivity contribution < 1.29 is 0 Å². The van der Waals surface area contributed by atoms with Crippen LogP contribution in [0.1, 0.15) is 17.3 Å². The van der Waals surface area contributed by atoms with Crippen molar-refractivity contribution in [1.29, 1.82) is 0 Å². The molecule has 1 aromatic heterocycles. The van der Waals surface area contributed by atoms with E-state index in [-0.39, 0.29) is 6.04 Å². The zero-order chi connectivity index (χ0) is 11.5. The van der Waals surface area contributed by atoms with E-state index in [9.17, 15) is 0 Å². The molecule has 0 saturated carbocycles.